The van der Waals surface area contributed by atoms with Crippen molar-refractivity contribution in [3.8, 4) is 5.75 Å². The summed E-state index contributed by atoms with van der Waals surface area (Å²) in [6.45, 7) is 3.53. The van der Waals surface area contributed by atoms with Crippen LogP contribution in [-0.4, -0.2) is 43.6 Å². The number of hydrogen-bond acceptors (Lipinski definition) is 3. The first kappa shape index (κ1) is 13.9. The molecule has 0 unspecified atom stereocenters. The number of amides is 1. The van der Waals surface area contributed by atoms with Gasteiger partial charge in [-0.25, -0.2) is 0 Å². The number of ether oxygens (including phenoxy) is 1. The summed E-state index contributed by atoms with van der Waals surface area (Å²) >= 11 is 0. The monoisotopic (exact) mass is 284 g/mol. The molecule has 2 aromatic carbocycles. The molecule has 0 bridgehead atoms. The van der Waals surface area contributed by atoms with E-state index in [2.05, 4.69) is 11.4 Å². The molecule has 4 heteroatoms. The topological polar surface area (TPSA) is 41.6 Å². The van der Waals surface area contributed by atoms with Gasteiger partial charge in [0.25, 0.3) is 5.91 Å². The predicted molar refractivity (Wildman–Crippen MR) is 83.5 cm³/mol. The van der Waals surface area contributed by atoms with Gasteiger partial charge in [0.1, 0.15) is 5.75 Å². The van der Waals surface area contributed by atoms with E-state index in [1.54, 1.807) is 0 Å². The van der Waals surface area contributed by atoms with Gasteiger partial charge in [0, 0.05) is 19.6 Å². The lowest BCUT2D eigenvalue weighted by Crippen LogP contribution is -2.37. The molecule has 1 heterocycles. The SMILES string of the molecule is O=C(COc1ccc2ccccc2c1)N1CCCNCC1. The summed E-state index contributed by atoms with van der Waals surface area (Å²) in [7, 11) is 0. The van der Waals surface area contributed by atoms with Gasteiger partial charge >= 0.3 is 0 Å². The Balaban J connectivity index is 1.61. The fraction of sp³-hybridized carbons (Fsp3) is 0.353. The van der Waals surface area contributed by atoms with Crippen LogP contribution in [0.25, 0.3) is 10.8 Å². The van der Waals surface area contributed by atoms with E-state index < -0.39 is 0 Å². The van der Waals surface area contributed by atoms with Gasteiger partial charge in [0.2, 0.25) is 0 Å². The van der Waals surface area contributed by atoms with Gasteiger partial charge in [-0.1, -0.05) is 30.3 Å². The molecule has 1 N–H and O–H groups in total. The zero-order chi connectivity index (χ0) is 14.5. The maximum Gasteiger partial charge on any atom is 0.260 e. The summed E-state index contributed by atoms with van der Waals surface area (Å²) in [5.74, 6) is 0.807. The highest BCUT2D eigenvalue weighted by atomic mass is 16.5. The van der Waals surface area contributed by atoms with Gasteiger partial charge in [0.15, 0.2) is 6.61 Å². The van der Waals surface area contributed by atoms with E-state index in [4.69, 9.17) is 4.74 Å². The molecular weight excluding hydrogens is 264 g/mol. The second kappa shape index (κ2) is 6.59. The fourth-order valence-electron chi connectivity index (χ4n) is 2.59. The van der Waals surface area contributed by atoms with Gasteiger partial charge in [-0.2, -0.15) is 0 Å². The molecule has 1 fully saturated rings. The molecular formula is C17H20N2O2. The standard InChI is InChI=1S/C17H20N2O2/c20-17(19-10-3-8-18-9-11-19)13-21-16-7-6-14-4-1-2-5-15(14)12-16/h1-2,4-7,12,18H,3,8-11,13H2. The smallest absolute Gasteiger partial charge is 0.260 e. The van der Waals surface area contributed by atoms with Gasteiger partial charge in [0.05, 0.1) is 0 Å². The molecule has 21 heavy (non-hydrogen) atoms. The van der Waals surface area contributed by atoms with Crippen LogP contribution >= 0.6 is 0 Å². The number of nitrogens with one attached hydrogen (secondary N) is 1. The number of benzene rings is 2. The zero-order valence-electron chi connectivity index (χ0n) is 12.0. The van der Waals surface area contributed by atoms with Crippen LogP contribution in [-0.2, 0) is 4.79 Å². The highest BCUT2D eigenvalue weighted by Crippen LogP contribution is 2.20. The number of carbonyl (C=O) groups is 1. The second-order valence-corrected chi connectivity index (χ2v) is 5.28. The Morgan fingerprint density at radius 3 is 2.86 bits per heavy atom. The van der Waals surface area contributed by atoms with Gasteiger partial charge < -0.3 is 15.0 Å². The van der Waals surface area contributed by atoms with Gasteiger partial charge in [-0.05, 0) is 35.9 Å². The molecule has 1 amide bonds. The molecule has 1 aliphatic rings. The summed E-state index contributed by atoms with van der Waals surface area (Å²) in [6.07, 6.45) is 1.00. The minimum absolute atomic E-state index is 0.0619. The van der Waals surface area contributed by atoms with E-state index in [-0.39, 0.29) is 12.5 Å². The first-order chi connectivity index (χ1) is 10.3. The number of rotatable bonds is 3. The lowest BCUT2D eigenvalue weighted by molar-refractivity contribution is -0.133. The lowest BCUT2D eigenvalue weighted by atomic mass is 10.1. The Kier molecular flexibility index (Phi) is 4.36. The molecule has 0 aliphatic carbocycles. The number of nitrogens with zero attached hydrogens (tertiary/aromatic N) is 1. The first-order valence-electron chi connectivity index (χ1n) is 7.43. The highest BCUT2D eigenvalue weighted by Gasteiger charge is 2.15. The molecule has 0 radical (unpaired) electrons. The lowest BCUT2D eigenvalue weighted by Gasteiger charge is -2.20. The largest absolute Gasteiger partial charge is 0.484 e. The van der Waals surface area contributed by atoms with Crippen molar-refractivity contribution in [1.29, 1.82) is 0 Å². The van der Waals surface area contributed by atoms with Crippen LogP contribution in [0.4, 0.5) is 0 Å². The Morgan fingerprint density at radius 1 is 1.10 bits per heavy atom. The van der Waals surface area contributed by atoms with Crippen LogP contribution in [0.2, 0.25) is 0 Å². The molecule has 4 nitrogen and oxygen atoms in total. The Labute approximate surface area is 124 Å². The molecule has 110 valence electrons. The normalized spacial score (nSPS) is 15.7. The summed E-state index contributed by atoms with van der Waals surface area (Å²) in [5.41, 5.74) is 0. The van der Waals surface area contributed by atoms with Crippen molar-refractivity contribution in [3.63, 3.8) is 0 Å². The second-order valence-electron chi connectivity index (χ2n) is 5.28. The number of fused-ring (bicyclic) bond motifs is 1. The van der Waals surface area contributed by atoms with E-state index in [0.717, 1.165) is 43.7 Å². The number of carbonyl (C=O) groups excluding carboxylic acids is 1. The van der Waals surface area contributed by atoms with Crippen molar-refractivity contribution < 1.29 is 9.53 Å². The first-order valence-corrected chi connectivity index (χ1v) is 7.43. The molecule has 0 spiro atoms. The van der Waals surface area contributed by atoms with Crippen LogP contribution in [0.5, 0.6) is 5.75 Å². The average Bonchev–Trinajstić information content (AvgIpc) is 2.81. The van der Waals surface area contributed by atoms with Crippen molar-refractivity contribution in [1.82, 2.24) is 10.2 Å². The molecule has 0 atom stereocenters. The van der Waals surface area contributed by atoms with Crippen molar-refractivity contribution >= 4 is 16.7 Å². The van der Waals surface area contributed by atoms with Gasteiger partial charge in [-0.3, -0.25) is 4.79 Å². The van der Waals surface area contributed by atoms with Crippen molar-refractivity contribution in [3.05, 3.63) is 42.5 Å². The van der Waals surface area contributed by atoms with Crippen molar-refractivity contribution in [2.45, 2.75) is 6.42 Å². The Bertz CT molecular complexity index is 619. The van der Waals surface area contributed by atoms with Crippen LogP contribution in [0.3, 0.4) is 0 Å². The van der Waals surface area contributed by atoms with Crippen molar-refractivity contribution in [2.24, 2.45) is 0 Å². The molecule has 3 rings (SSSR count). The minimum atomic E-state index is 0.0619. The molecule has 1 saturated heterocycles. The third-order valence-corrected chi connectivity index (χ3v) is 3.78. The quantitative estimate of drug-likeness (QED) is 0.938. The van der Waals surface area contributed by atoms with Gasteiger partial charge in [-0.15, -0.1) is 0 Å². The highest BCUT2D eigenvalue weighted by molar-refractivity contribution is 5.84. The zero-order valence-corrected chi connectivity index (χ0v) is 12.0. The summed E-state index contributed by atoms with van der Waals surface area (Å²) in [5, 5.41) is 5.59. The van der Waals surface area contributed by atoms with Crippen molar-refractivity contribution in [2.75, 3.05) is 32.8 Å². The fourth-order valence-corrected chi connectivity index (χ4v) is 2.59. The van der Waals surface area contributed by atoms with Crippen LogP contribution in [0.1, 0.15) is 6.42 Å². The Hall–Kier alpha value is -2.07. The van der Waals surface area contributed by atoms with Crippen LogP contribution in [0, 0.1) is 0 Å². The maximum atomic E-state index is 12.2. The summed E-state index contributed by atoms with van der Waals surface area (Å²) in [6, 6.07) is 14.0. The van der Waals surface area contributed by atoms with Crippen LogP contribution in [0.15, 0.2) is 42.5 Å². The molecule has 1 aliphatic heterocycles. The van der Waals surface area contributed by atoms with E-state index in [1.807, 2.05) is 41.3 Å². The molecule has 2 aromatic rings. The summed E-state index contributed by atoms with van der Waals surface area (Å²) < 4.78 is 5.66. The van der Waals surface area contributed by atoms with E-state index >= 15 is 0 Å². The predicted octanol–water partition coefficient (Wildman–Crippen LogP) is 2.04. The third kappa shape index (κ3) is 3.52. The van der Waals surface area contributed by atoms with E-state index in [9.17, 15) is 4.79 Å². The van der Waals surface area contributed by atoms with E-state index in [0.29, 0.717) is 0 Å². The third-order valence-electron chi connectivity index (χ3n) is 3.78. The molecule has 0 aromatic heterocycles. The minimum Gasteiger partial charge on any atom is -0.484 e. The maximum absolute atomic E-state index is 12.2. The Morgan fingerprint density at radius 2 is 1.95 bits per heavy atom. The molecule has 0 saturated carbocycles. The number of hydrogen-bond donors (Lipinski definition) is 1. The summed E-state index contributed by atoms with van der Waals surface area (Å²) in [4.78, 5) is 14.0. The average molecular weight is 284 g/mol. The van der Waals surface area contributed by atoms with E-state index in [1.165, 1.54) is 5.39 Å². The van der Waals surface area contributed by atoms with Crippen LogP contribution < -0.4 is 10.1 Å².